The van der Waals surface area contributed by atoms with Gasteiger partial charge in [0.1, 0.15) is 23.1 Å². The van der Waals surface area contributed by atoms with E-state index in [0.717, 1.165) is 34.4 Å². The molecule has 0 bridgehead atoms. The topological polar surface area (TPSA) is 44.5 Å². The fraction of sp³-hybridized carbons (Fsp3) is 0.188. The molecule has 1 aliphatic heterocycles. The van der Waals surface area contributed by atoms with E-state index >= 15 is 0 Å². The lowest BCUT2D eigenvalue weighted by Gasteiger charge is -2.13. The highest BCUT2D eigenvalue weighted by molar-refractivity contribution is 9.10. The van der Waals surface area contributed by atoms with Crippen LogP contribution in [0.1, 0.15) is 16.7 Å². The van der Waals surface area contributed by atoms with Gasteiger partial charge in [0.15, 0.2) is 0 Å². The van der Waals surface area contributed by atoms with E-state index < -0.39 is 0 Å². The molecule has 108 valence electrons. The van der Waals surface area contributed by atoms with Gasteiger partial charge in [-0.05, 0) is 29.8 Å². The number of halogens is 1. The molecule has 3 nitrogen and oxygen atoms in total. The molecule has 2 N–H and O–H groups in total. The van der Waals surface area contributed by atoms with Crippen molar-refractivity contribution in [1.82, 2.24) is 0 Å². The van der Waals surface area contributed by atoms with Gasteiger partial charge in [0.2, 0.25) is 0 Å². The summed E-state index contributed by atoms with van der Waals surface area (Å²) in [6.07, 6.45) is 0.936. The normalized spacial score (nSPS) is 12.6. The molecule has 3 rings (SSSR count). The van der Waals surface area contributed by atoms with Gasteiger partial charge >= 0.3 is 0 Å². The Morgan fingerprint density at radius 3 is 2.95 bits per heavy atom. The summed E-state index contributed by atoms with van der Waals surface area (Å²) in [6.45, 7) is 1.14. The first-order valence-corrected chi connectivity index (χ1v) is 7.81. The molecule has 0 saturated carbocycles. The number of rotatable bonds is 4. The van der Waals surface area contributed by atoms with Crippen molar-refractivity contribution in [3.8, 4) is 11.5 Å². The molecular weight excluding hydrogens is 350 g/mol. The van der Waals surface area contributed by atoms with Crippen LogP contribution in [0.15, 0.2) is 40.9 Å². The van der Waals surface area contributed by atoms with Gasteiger partial charge in [-0.15, -0.1) is 0 Å². The number of ether oxygens (including phenoxy) is 2. The van der Waals surface area contributed by atoms with Crippen LogP contribution in [0.5, 0.6) is 11.5 Å². The van der Waals surface area contributed by atoms with Gasteiger partial charge in [0, 0.05) is 16.5 Å². The predicted octanol–water partition coefficient (Wildman–Crippen LogP) is 3.60. The first-order valence-electron chi connectivity index (χ1n) is 6.61. The zero-order chi connectivity index (χ0) is 14.8. The summed E-state index contributed by atoms with van der Waals surface area (Å²) in [5, 5.41) is 0. The van der Waals surface area contributed by atoms with E-state index in [-0.39, 0.29) is 0 Å². The molecule has 0 fully saturated rings. The van der Waals surface area contributed by atoms with Crippen LogP contribution in [-0.4, -0.2) is 11.6 Å². The maximum absolute atomic E-state index is 5.90. The van der Waals surface area contributed by atoms with Crippen LogP contribution in [-0.2, 0) is 13.0 Å². The largest absolute Gasteiger partial charge is 0.493 e. The molecule has 1 aliphatic rings. The van der Waals surface area contributed by atoms with Crippen LogP contribution < -0.4 is 15.2 Å². The first-order chi connectivity index (χ1) is 10.1. The summed E-state index contributed by atoms with van der Waals surface area (Å²) in [5.41, 5.74) is 8.70. The summed E-state index contributed by atoms with van der Waals surface area (Å²) in [4.78, 5) is 0.335. The van der Waals surface area contributed by atoms with E-state index in [1.807, 2.05) is 30.3 Å². The van der Waals surface area contributed by atoms with Crippen LogP contribution in [0.25, 0.3) is 0 Å². The second-order valence-corrected chi connectivity index (χ2v) is 6.16. The van der Waals surface area contributed by atoms with E-state index in [1.54, 1.807) is 0 Å². The Morgan fingerprint density at radius 1 is 1.33 bits per heavy atom. The Hall–Kier alpha value is -1.59. The lowest BCUT2D eigenvalue weighted by atomic mass is 10.1. The van der Waals surface area contributed by atoms with Crippen molar-refractivity contribution in [1.29, 1.82) is 0 Å². The molecule has 0 amide bonds. The van der Waals surface area contributed by atoms with E-state index in [1.165, 1.54) is 5.56 Å². The van der Waals surface area contributed by atoms with Crippen LogP contribution in [0.3, 0.4) is 0 Å². The fourth-order valence-electron chi connectivity index (χ4n) is 2.40. The van der Waals surface area contributed by atoms with Crippen molar-refractivity contribution in [3.63, 3.8) is 0 Å². The standard InChI is InChI=1S/C16H14BrNO2S/c17-12-7-10-5-6-19-15(10)11(8-12)9-20-14-4-2-1-3-13(14)16(18)21/h1-4,7-8H,5-6,9H2,(H2,18,21). The van der Waals surface area contributed by atoms with Crippen molar-refractivity contribution >= 4 is 33.1 Å². The lowest BCUT2D eigenvalue weighted by molar-refractivity contribution is 0.291. The summed E-state index contributed by atoms with van der Waals surface area (Å²) in [6, 6.07) is 11.6. The zero-order valence-electron chi connectivity index (χ0n) is 11.3. The second kappa shape index (κ2) is 6.03. The smallest absolute Gasteiger partial charge is 0.129 e. The van der Waals surface area contributed by atoms with Crippen LogP contribution in [0.4, 0.5) is 0 Å². The third-order valence-electron chi connectivity index (χ3n) is 3.36. The molecule has 0 atom stereocenters. The molecule has 2 aromatic carbocycles. The number of hydrogen-bond acceptors (Lipinski definition) is 3. The number of nitrogens with two attached hydrogens (primary N) is 1. The van der Waals surface area contributed by atoms with Gasteiger partial charge < -0.3 is 15.2 Å². The molecule has 1 heterocycles. The number of para-hydroxylation sites is 1. The van der Waals surface area contributed by atoms with Gasteiger partial charge in [-0.2, -0.15) is 0 Å². The van der Waals surface area contributed by atoms with Gasteiger partial charge in [0.25, 0.3) is 0 Å². The van der Waals surface area contributed by atoms with Gasteiger partial charge in [-0.1, -0.05) is 40.3 Å². The molecule has 0 aromatic heterocycles. The maximum Gasteiger partial charge on any atom is 0.129 e. The Kier molecular flexibility index (Phi) is 4.12. The second-order valence-electron chi connectivity index (χ2n) is 4.80. The first kappa shape index (κ1) is 14.4. The fourth-order valence-corrected chi connectivity index (χ4v) is 3.13. The van der Waals surface area contributed by atoms with Crippen molar-refractivity contribution in [2.75, 3.05) is 6.61 Å². The van der Waals surface area contributed by atoms with E-state index in [4.69, 9.17) is 27.4 Å². The Morgan fingerprint density at radius 2 is 2.14 bits per heavy atom. The number of benzene rings is 2. The minimum absolute atomic E-state index is 0.335. The van der Waals surface area contributed by atoms with Crippen LogP contribution >= 0.6 is 28.1 Å². The molecule has 0 saturated heterocycles. The van der Waals surface area contributed by atoms with Gasteiger partial charge in [-0.25, -0.2) is 0 Å². The Labute approximate surface area is 137 Å². The van der Waals surface area contributed by atoms with E-state index in [9.17, 15) is 0 Å². The molecular formula is C16H14BrNO2S. The lowest BCUT2D eigenvalue weighted by Crippen LogP contribution is -2.11. The highest BCUT2D eigenvalue weighted by Gasteiger charge is 2.18. The van der Waals surface area contributed by atoms with Crippen molar-refractivity contribution in [3.05, 3.63) is 57.6 Å². The highest BCUT2D eigenvalue weighted by Crippen LogP contribution is 2.34. The third-order valence-corrected chi connectivity index (χ3v) is 4.04. The Bertz CT molecular complexity index is 703. The van der Waals surface area contributed by atoms with Crippen molar-refractivity contribution in [2.45, 2.75) is 13.0 Å². The highest BCUT2D eigenvalue weighted by atomic mass is 79.9. The van der Waals surface area contributed by atoms with Crippen molar-refractivity contribution in [2.24, 2.45) is 5.73 Å². The van der Waals surface area contributed by atoms with Crippen LogP contribution in [0, 0.1) is 0 Å². The molecule has 2 aromatic rings. The van der Waals surface area contributed by atoms with Gasteiger partial charge in [0.05, 0.1) is 12.2 Å². The quantitative estimate of drug-likeness (QED) is 0.842. The summed E-state index contributed by atoms with van der Waals surface area (Å²) in [5.74, 6) is 1.63. The number of thiocarbonyl (C=S) groups is 1. The summed E-state index contributed by atoms with van der Waals surface area (Å²) in [7, 11) is 0. The Balaban J connectivity index is 1.85. The van der Waals surface area contributed by atoms with E-state index in [2.05, 4.69) is 22.0 Å². The molecule has 21 heavy (non-hydrogen) atoms. The molecule has 0 spiro atoms. The van der Waals surface area contributed by atoms with Gasteiger partial charge in [-0.3, -0.25) is 0 Å². The minimum atomic E-state index is 0.335. The average Bonchev–Trinajstić information content (AvgIpc) is 2.93. The summed E-state index contributed by atoms with van der Waals surface area (Å²) >= 11 is 8.57. The number of fused-ring (bicyclic) bond motifs is 1. The molecule has 0 radical (unpaired) electrons. The SMILES string of the molecule is NC(=S)c1ccccc1OCc1cc(Br)cc2c1OCC2. The maximum atomic E-state index is 5.90. The molecule has 0 aliphatic carbocycles. The summed E-state index contributed by atoms with van der Waals surface area (Å²) < 4.78 is 12.6. The minimum Gasteiger partial charge on any atom is -0.493 e. The predicted molar refractivity (Wildman–Crippen MR) is 90.0 cm³/mol. The zero-order valence-corrected chi connectivity index (χ0v) is 13.7. The van der Waals surface area contributed by atoms with Crippen LogP contribution in [0.2, 0.25) is 0 Å². The number of hydrogen-bond donors (Lipinski definition) is 1. The molecule has 5 heteroatoms. The van der Waals surface area contributed by atoms with E-state index in [0.29, 0.717) is 17.3 Å². The van der Waals surface area contributed by atoms with Crippen molar-refractivity contribution < 1.29 is 9.47 Å². The monoisotopic (exact) mass is 363 g/mol. The molecule has 0 unspecified atom stereocenters. The third kappa shape index (κ3) is 3.04. The average molecular weight is 364 g/mol.